The van der Waals surface area contributed by atoms with Crippen molar-refractivity contribution in [3.63, 3.8) is 0 Å². The first-order valence-corrected chi connectivity index (χ1v) is 9.25. The number of nitrogens with zero attached hydrogens (tertiary/aromatic N) is 6. The molecule has 0 radical (unpaired) electrons. The van der Waals surface area contributed by atoms with Crippen LogP contribution in [0.3, 0.4) is 0 Å². The lowest BCUT2D eigenvalue weighted by atomic mass is 10.1. The van der Waals surface area contributed by atoms with Crippen LogP contribution in [-0.2, 0) is 4.84 Å². The van der Waals surface area contributed by atoms with Gasteiger partial charge >= 0.3 is 0 Å². The summed E-state index contributed by atoms with van der Waals surface area (Å²) in [6.45, 7) is 7.57. The zero-order valence-corrected chi connectivity index (χ0v) is 16.2. The van der Waals surface area contributed by atoms with Crippen LogP contribution in [0, 0.1) is 20.8 Å². The molecule has 144 valence electrons. The van der Waals surface area contributed by atoms with Crippen molar-refractivity contribution in [3.05, 3.63) is 53.1 Å². The minimum absolute atomic E-state index is 0.0720. The SMILES string of the molecule is Cc1cc(C)nc(N2CCN(C(=O)c3cccc4ncc(C)nc34)CCO2)n1. The summed E-state index contributed by atoms with van der Waals surface area (Å²) in [5.74, 6) is 0.454. The summed E-state index contributed by atoms with van der Waals surface area (Å²) >= 11 is 0. The van der Waals surface area contributed by atoms with Gasteiger partial charge in [-0.15, -0.1) is 0 Å². The summed E-state index contributed by atoms with van der Waals surface area (Å²) in [5.41, 5.74) is 4.45. The van der Waals surface area contributed by atoms with Gasteiger partial charge < -0.3 is 4.90 Å². The quantitative estimate of drug-likeness (QED) is 0.676. The number of hydroxylamine groups is 1. The summed E-state index contributed by atoms with van der Waals surface area (Å²) in [7, 11) is 0. The molecule has 1 aromatic carbocycles. The van der Waals surface area contributed by atoms with E-state index in [1.807, 2.05) is 39.0 Å². The second-order valence-electron chi connectivity index (χ2n) is 6.86. The van der Waals surface area contributed by atoms with E-state index in [1.165, 1.54) is 0 Å². The maximum Gasteiger partial charge on any atom is 0.256 e. The Bertz CT molecular complexity index is 1020. The number of fused-ring (bicyclic) bond motifs is 1. The average Bonchev–Trinajstić information content (AvgIpc) is 2.92. The highest BCUT2D eigenvalue weighted by Gasteiger charge is 2.24. The first kappa shape index (κ1) is 18.2. The number of hydrogen-bond donors (Lipinski definition) is 0. The van der Waals surface area contributed by atoms with Crippen LogP contribution in [0.4, 0.5) is 5.95 Å². The molecule has 0 atom stereocenters. The van der Waals surface area contributed by atoms with E-state index in [-0.39, 0.29) is 5.91 Å². The molecule has 0 unspecified atom stereocenters. The smallest absolute Gasteiger partial charge is 0.256 e. The van der Waals surface area contributed by atoms with Crippen molar-refractivity contribution in [1.82, 2.24) is 24.8 Å². The van der Waals surface area contributed by atoms with Crippen molar-refractivity contribution in [2.75, 3.05) is 31.3 Å². The molecule has 0 saturated carbocycles. The van der Waals surface area contributed by atoms with Gasteiger partial charge in [0.2, 0.25) is 5.95 Å². The number of aromatic nitrogens is 4. The van der Waals surface area contributed by atoms with Crippen molar-refractivity contribution in [2.45, 2.75) is 20.8 Å². The minimum atomic E-state index is -0.0720. The van der Waals surface area contributed by atoms with Gasteiger partial charge in [0.1, 0.15) is 5.52 Å². The number of carbonyl (C=O) groups excluding carboxylic acids is 1. The van der Waals surface area contributed by atoms with Crippen LogP contribution in [0.5, 0.6) is 0 Å². The largest absolute Gasteiger partial charge is 0.334 e. The van der Waals surface area contributed by atoms with E-state index < -0.39 is 0 Å². The molecule has 2 aromatic heterocycles. The lowest BCUT2D eigenvalue weighted by Crippen LogP contribution is -2.36. The molecule has 1 saturated heterocycles. The summed E-state index contributed by atoms with van der Waals surface area (Å²) in [6, 6.07) is 7.42. The van der Waals surface area contributed by atoms with E-state index in [0.29, 0.717) is 48.8 Å². The molecular weight excluding hydrogens is 356 g/mol. The molecule has 1 amide bonds. The third-order valence-electron chi connectivity index (χ3n) is 4.59. The van der Waals surface area contributed by atoms with Crippen molar-refractivity contribution in [3.8, 4) is 0 Å². The zero-order chi connectivity index (χ0) is 19.7. The summed E-state index contributed by atoms with van der Waals surface area (Å²) in [6.07, 6.45) is 1.71. The normalized spacial score (nSPS) is 15.0. The van der Waals surface area contributed by atoms with Gasteiger partial charge in [0, 0.05) is 30.7 Å². The second kappa shape index (κ2) is 7.47. The van der Waals surface area contributed by atoms with E-state index in [1.54, 1.807) is 22.2 Å². The molecular formula is C20H22N6O2. The number of carbonyl (C=O) groups is 1. The van der Waals surface area contributed by atoms with Gasteiger partial charge in [-0.2, -0.15) is 0 Å². The number of para-hydroxylation sites is 1. The standard InChI is InChI=1S/C20H22N6O2/c1-13-11-14(2)24-20(23-13)26-8-7-25(9-10-28-26)19(27)16-5-4-6-17-18(16)22-15(3)12-21-17/h4-6,11-12H,7-10H2,1-3H3. The van der Waals surface area contributed by atoms with Crippen LogP contribution in [0.25, 0.3) is 11.0 Å². The first-order valence-electron chi connectivity index (χ1n) is 9.25. The molecule has 0 bridgehead atoms. The van der Waals surface area contributed by atoms with Gasteiger partial charge in [-0.3, -0.25) is 14.6 Å². The zero-order valence-electron chi connectivity index (χ0n) is 16.2. The Morgan fingerprint density at radius 2 is 1.79 bits per heavy atom. The topological polar surface area (TPSA) is 84.3 Å². The van der Waals surface area contributed by atoms with Crippen LogP contribution >= 0.6 is 0 Å². The van der Waals surface area contributed by atoms with Gasteiger partial charge in [0.05, 0.1) is 29.9 Å². The molecule has 8 heteroatoms. The van der Waals surface area contributed by atoms with Crippen molar-refractivity contribution in [2.24, 2.45) is 0 Å². The Kier molecular flexibility index (Phi) is 4.87. The van der Waals surface area contributed by atoms with Crippen LogP contribution in [-0.4, -0.2) is 57.0 Å². The minimum Gasteiger partial charge on any atom is -0.334 e. The highest BCUT2D eigenvalue weighted by molar-refractivity contribution is 6.04. The molecule has 3 heterocycles. The highest BCUT2D eigenvalue weighted by Crippen LogP contribution is 2.19. The number of rotatable bonds is 2. The lowest BCUT2D eigenvalue weighted by molar-refractivity contribution is 0.0731. The van der Waals surface area contributed by atoms with Crippen LogP contribution in [0.2, 0.25) is 0 Å². The van der Waals surface area contributed by atoms with Crippen molar-refractivity contribution in [1.29, 1.82) is 0 Å². The predicted molar refractivity (Wildman–Crippen MR) is 105 cm³/mol. The summed E-state index contributed by atoms with van der Waals surface area (Å²) in [4.78, 5) is 38.6. The van der Waals surface area contributed by atoms with E-state index >= 15 is 0 Å². The van der Waals surface area contributed by atoms with Gasteiger partial charge in [0.15, 0.2) is 0 Å². The molecule has 0 spiro atoms. The Balaban J connectivity index is 1.56. The van der Waals surface area contributed by atoms with Gasteiger partial charge in [-0.05, 0) is 39.0 Å². The lowest BCUT2D eigenvalue weighted by Gasteiger charge is -2.21. The first-order chi connectivity index (χ1) is 13.5. The molecule has 28 heavy (non-hydrogen) atoms. The third-order valence-corrected chi connectivity index (χ3v) is 4.59. The summed E-state index contributed by atoms with van der Waals surface area (Å²) in [5, 5.41) is 1.67. The number of aryl methyl sites for hydroxylation is 3. The van der Waals surface area contributed by atoms with E-state index in [9.17, 15) is 4.79 Å². The molecule has 0 aliphatic carbocycles. The van der Waals surface area contributed by atoms with Crippen LogP contribution in [0.15, 0.2) is 30.5 Å². The summed E-state index contributed by atoms with van der Waals surface area (Å²) < 4.78 is 0. The maximum absolute atomic E-state index is 13.2. The molecule has 3 aromatic rings. The molecule has 4 rings (SSSR count). The van der Waals surface area contributed by atoms with E-state index in [4.69, 9.17) is 4.84 Å². The molecule has 1 fully saturated rings. The fourth-order valence-corrected chi connectivity index (χ4v) is 3.29. The van der Waals surface area contributed by atoms with Gasteiger partial charge in [-0.1, -0.05) is 6.07 Å². The third kappa shape index (κ3) is 3.63. The number of hydrogen-bond acceptors (Lipinski definition) is 7. The molecule has 8 nitrogen and oxygen atoms in total. The predicted octanol–water partition coefficient (Wildman–Crippen LogP) is 2.24. The highest BCUT2D eigenvalue weighted by atomic mass is 16.7. The maximum atomic E-state index is 13.2. The average molecular weight is 378 g/mol. The number of anilines is 1. The van der Waals surface area contributed by atoms with Gasteiger partial charge in [0.25, 0.3) is 5.91 Å². The number of amides is 1. The monoisotopic (exact) mass is 378 g/mol. The van der Waals surface area contributed by atoms with Gasteiger partial charge in [-0.25, -0.2) is 20.0 Å². The van der Waals surface area contributed by atoms with Crippen LogP contribution < -0.4 is 5.06 Å². The molecule has 0 N–H and O–H groups in total. The van der Waals surface area contributed by atoms with Crippen LogP contribution in [0.1, 0.15) is 27.4 Å². The Morgan fingerprint density at radius 1 is 1.00 bits per heavy atom. The van der Waals surface area contributed by atoms with Crippen molar-refractivity contribution < 1.29 is 9.63 Å². The number of benzene rings is 1. The van der Waals surface area contributed by atoms with E-state index in [2.05, 4.69) is 19.9 Å². The molecule has 1 aliphatic rings. The Labute approximate surface area is 163 Å². The molecule has 1 aliphatic heterocycles. The van der Waals surface area contributed by atoms with E-state index in [0.717, 1.165) is 17.1 Å². The fourth-order valence-electron chi connectivity index (χ4n) is 3.29. The Hall–Kier alpha value is -3.13. The van der Waals surface area contributed by atoms with Crippen molar-refractivity contribution >= 4 is 22.9 Å². The fraction of sp³-hybridized carbons (Fsp3) is 0.350. The Morgan fingerprint density at radius 3 is 2.57 bits per heavy atom. The second-order valence-corrected chi connectivity index (χ2v) is 6.86.